The molecule has 1 saturated heterocycles. The van der Waals surface area contributed by atoms with Crippen LogP contribution >= 0.6 is 0 Å². The van der Waals surface area contributed by atoms with Gasteiger partial charge in [0.25, 0.3) is 0 Å². The Bertz CT molecular complexity index is 1690. The second-order valence-electron chi connectivity index (χ2n) is 15.0. The maximum atomic E-state index is 14.1. The van der Waals surface area contributed by atoms with Gasteiger partial charge in [0.2, 0.25) is 29.5 Å². The first-order valence-electron chi connectivity index (χ1n) is 19.6. The number of phenolic OH excluding ortho intramolecular Hbond substituents is 1. The number of rotatable bonds is 11. The smallest absolute Gasteiger partial charge is 0.326 e. The average molecular weight is 794 g/mol. The molecular formula is C41H59N7O9. The molecular weight excluding hydrogens is 734 g/mol. The fourth-order valence-electron chi connectivity index (χ4n) is 6.35. The molecule has 1 unspecified atom stereocenters. The van der Waals surface area contributed by atoms with Crippen LogP contribution in [0, 0.1) is 11.8 Å². The maximum Gasteiger partial charge on any atom is 0.326 e. The van der Waals surface area contributed by atoms with Gasteiger partial charge in [0.1, 0.15) is 42.0 Å². The van der Waals surface area contributed by atoms with Crippen molar-refractivity contribution in [3.05, 3.63) is 65.7 Å². The van der Waals surface area contributed by atoms with E-state index in [-0.39, 0.29) is 31.6 Å². The van der Waals surface area contributed by atoms with Crippen molar-refractivity contribution in [2.75, 3.05) is 13.6 Å². The Labute approximate surface area is 334 Å². The third-order valence-corrected chi connectivity index (χ3v) is 10.3. The number of urea groups is 1. The number of carboxylic acid groups (broad SMARTS) is 1. The molecule has 1 aliphatic heterocycles. The van der Waals surface area contributed by atoms with Crippen molar-refractivity contribution in [1.82, 2.24) is 36.8 Å². The summed E-state index contributed by atoms with van der Waals surface area (Å²) >= 11 is 0. The minimum atomic E-state index is -1.23. The second kappa shape index (κ2) is 22.2. The fraction of sp³-hybridized carbons (Fsp3) is 0.537. The van der Waals surface area contributed by atoms with E-state index in [9.17, 15) is 43.8 Å². The van der Waals surface area contributed by atoms with Crippen LogP contribution in [0.15, 0.2) is 54.6 Å². The summed E-state index contributed by atoms with van der Waals surface area (Å²) in [7, 11) is 1.43. The summed E-state index contributed by atoms with van der Waals surface area (Å²) in [5, 5.41) is 35.7. The molecule has 0 saturated carbocycles. The van der Waals surface area contributed by atoms with Gasteiger partial charge in [-0.05, 0) is 74.1 Å². The number of carboxylic acids is 1. The zero-order valence-corrected chi connectivity index (χ0v) is 33.7. The van der Waals surface area contributed by atoms with E-state index in [0.29, 0.717) is 25.7 Å². The Kier molecular flexibility index (Phi) is 17.8. The molecule has 0 bridgehead atoms. The van der Waals surface area contributed by atoms with Crippen LogP contribution in [0.2, 0.25) is 0 Å². The Balaban J connectivity index is 1.98. The van der Waals surface area contributed by atoms with E-state index in [2.05, 4.69) is 31.9 Å². The Morgan fingerprint density at radius 3 is 2.11 bits per heavy atom. The number of benzene rings is 2. The number of amides is 7. The molecule has 0 radical (unpaired) electrons. The molecule has 7 atom stereocenters. The van der Waals surface area contributed by atoms with Crippen LogP contribution in [-0.2, 0) is 41.6 Å². The van der Waals surface area contributed by atoms with Crippen molar-refractivity contribution in [3.63, 3.8) is 0 Å². The number of nitrogens with zero attached hydrogens (tertiary/aromatic N) is 1. The number of hydrogen-bond donors (Lipinski definition) is 8. The summed E-state index contributed by atoms with van der Waals surface area (Å²) in [6.07, 6.45) is 1.82. The van der Waals surface area contributed by atoms with Crippen LogP contribution in [0.4, 0.5) is 4.79 Å². The molecule has 16 nitrogen and oxygen atoms in total. The largest absolute Gasteiger partial charge is 0.508 e. The maximum absolute atomic E-state index is 14.1. The lowest BCUT2D eigenvalue weighted by Crippen LogP contribution is -2.60. The van der Waals surface area contributed by atoms with Crippen LogP contribution in [0.3, 0.4) is 0 Å². The molecule has 1 aliphatic rings. The average Bonchev–Trinajstić information content (AvgIpc) is 3.18. The zero-order valence-electron chi connectivity index (χ0n) is 33.7. The summed E-state index contributed by atoms with van der Waals surface area (Å²) in [5.41, 5.74) is 1.56. The number of aromatic hydroxyl groups is 1. The molecule has 2 aromatic rings. The van der Waals surface area contributed by atoms with Gasteiger partial charge in [0.05, 0.1) is 0 Å². The molecule has 0 aromatic heterocycles. The van der Waals surface area contributed by atoms with Gasteiger partial charge < -0.3 is 47.0 Å². The molecule has 312 valence electrons. The van der Waals surface area contributed by atoms with E-state index < -0.39 is 89.6 Å². The van der Waals surface area contributed by atoms with Gasteiger partial charge in [-0.2, -0.15) is 0 Å². The van der Waals surface area contributed by atoms with Gasteiger partial charge in [-0.3, -0.25) is 24.0 Å². The van der Waals surface area contributed by atoms with Crippen LogP contribution in [0.5, 0.6) is 5.75 Å². The highest BCUT2D eigenvalue weighted by Gasteiger charge is 2.35. The zero-order chi connectivity index (χ0) is 42.2. The highest BCUT2D eigenvalue weighted by molar-refractivity contribution is 5.96. The van der Waals surface area contributed by atoms with E-state index in [1.54, 1.807) is 39.8 Å². The van der Waals surface area contributed by atoms with Crippen molar-refractivity contribution in [2.24, 2.45) is 11.8 Å². The predicted molar refractivity (Wildman–Crippen MR) is 213 cm³/mol. The van der Waals surface area contributed by atoms with Crippen molar-refractivity contribution in [3.8, 4) is 5.75 Å². The summed E-state index contributed by atoms with van der Waals surface area (Å²) in [6.45, 7) is 8.58. The molecule has 0 spiro atoms. The van der Waals surface area contributed by atoms with Crippen LogP contribution in [0.1, 0.15) is 77.8 Å². The lowest BCUT2D eigenvalue weighted by Gasteiger charge is -2.31. The van der Waals surface area contributed by atoms with Gasteiger partial charge in [-0.25, -0.2) is 9.59 Å². The molecule has 16 heteroatoms. The predicted octanol–water partition coefficient (Wildman–Crippen LogP) is 1.99. The Hall–Kier alpha value is -5.67. The molecule has 1 heterocycles. The van der Waals surface area contributed by atoms with Crippen LogP contribution in [-0.4, -0.2) is 106 Å². The number of phenols is 1. The molecule has 2 aromatic carbocycles. The van der Waals surface area contributed by atoms with Crippen molar-refractivity contribution >= 4 is 41.5 Å². The van der Waals surface area contributed by atoms with Gasteiger partial charge >= 0.3 is 12.0 Å². The number of carbonyl (C=O) groups excluding carboxylic acids is 6. The second-order valence-corrected chi connectivity index (χ2v) is 15.0. The summed E-state index contributed by atoms with van der Waals surface area (Å²) in [4.78, 5) is 95.5. The minimum absolute atomic E-state index is 0.0619. The summed E-state index contributed by atoms with van der Waals surface area (Å²) in [5.74, 6) is -5.06. The lowest BCUT2D eigenvalue weighted by molar-refractivity contribution is -0.142. The topological polar surface area (TPSA) is 235 Å². The van der Waals surface area contributed by atoms with Crippen molar-refractivity contribution < 1.29 is 43.8 Å². The van der Waals surface area contributed by atoms with E-state index >= 15 is 0 Å². The van der Waals surface area contributed by atoms with Crippen molar-refractivity contribution in [2.45, 2.75) is 116 Å². The van der Waals surface area contributed by atoms with E-state index in [0.717, 1.165) is 11.1 Å². The first-order chi connectivity index (χ1) is 27.0. The summed E-state index contributed by atoms with van der Waals surface area (Å²) in [6, 6.07) is 7.83. The van der Waals surface area contributed by atoms with E-state index in [1.165, 1.54) is 31.0 Å². The number of aryl methyl sites for hydroxylation is 1. The molecule has 57 heavy (non-hydrogen) atoms. The van der Waals surface area contributed by atoms with Gasteiger partial charge in [0.15, 0.2) is 0 Å². The van der Waals surface area contributed by atoms with Gasteiger partial charge in [-0.1, -0.05) is 76.6 Å². The highest BCUT2D eigenvalue weighted by atomic mass is 16.4. The standard InChI is InChI=1S/C41H59N7O9/c1-7-25(4)34(40(55)56)47-41(57)45-30-15-11-12-22-42-36(51)32(23-28-13-9-8-10-14-28)44-35(50)26(5)48(6)39(54)31(21-18-27-16-19-29(49)20-17-27)43-38(53)33(24(2)3)46-37(30)52/h8-10,13-14,16-17,19-20,24-26,30-34,49H,7,11-12,15,18,21-23H2,1-6H3,(H,42,51)(H,43,53)(H,44,50)(H,46,52)(H,55,56)(H2,45,47,57)/t25-,26+,30-,31+,32+,33+,34?/m1/s1. The number of carbonyl (C=O) groups is 7. The number of nitrogens with one attached hydrogen (secondary N) is 6. The Morgan fingerprint density at radius 2 is 1.49 bits per heavy atom. The molecule has 1 fully saturated rings. The minimum Gasteiger partial charge on any atom is -0.508 e. The molecule has 7 amide bonds. The number of aliphatic carboxylic acids is 1. The monoisotopic (exact) mass is 793 g/mol. The highest BCUT2D eigenvalue weighted by Crippen LogP contribution is 2.16. The number of likely N-dealkylation sites (N-methyl/N-ethyl adjacent to an activating group) is 1. The van der Waals surface area contributed by atoms with Crippen LogP contribution in [0.25, 0.3) is 0 Å². The lowest BCUT2D eigenvalue weighted by atomic mass is 9.99. The third kappa shape index (κ3) is 14.1. The first-order valence-corrected chi connectivity index (χ1v) is 19.6. The SMILES string of the molecule is CC[C@@H](C)C(NC(=O)N[C@@H]1CCCCNC(=O)[C@H](Cc2ccccc2)NC(=O)[C@H](C)N(C)C(=O)[C@H](CCc2ccc(O)cc2)NC(=O)[C@H](C(C)C)NC1=O)C(=O)O. The van der Waals surface area contributed by atoms with Gasteiger partial charge in [0, 0.05) is 20.0 Å². The van der Waals surface area contributed by atoms with E-state index in [4.69, 9.17) is 0 Å². The van der Waals surface area contributed by atoms with E-state index in [1.807, 2.05) is 30.3 Å². The quantitative estimate of drug-likeness (QED) is 0.166. The van der Waals surface area contributed by atoms with Gasteiger partial charge in [-0.15, -0.1) is 0 Å². The number of hydrogen-bond acceptors (Lipinski definition) is 8. The third-order valence-electron chi connectivity index (χ3n) is 10.3. The molecule has 8 N–H and O–H groups in total. The summed E-state index contributed by atoms with van der Waals surface area (Å²) < 4.78 is 0. The fourth-order valence-corrected chi connectivity index (χ4v) is 6.35. The first kappa shape index (κ1) is 45.7. The normalized spacial score (nSPS) is 23.0. The molecule has 0 aliphatic carbocycles. The van der Waals surface area contributed by atoms with Crippen molar-refractivity contribution in [1.29, 1.82) is 0 Å². The Morgan fingerprint density at radius 1 is 0.842 bits per heavy atom. The molecule has 3 rings (SSSR count). The van der Waals surface area contributed by atoms with Crippen LogP contribution < -0.4 is 31.9 Å².